The molecule has 0 amide bonds. The maximum absolute atomic E-state index is 12.1. The Balaban J connectivity index is 2.05. The number of esters is 1. The minimum absolute atomic E-state index is 0.252. The lowest BCUT2D eigenvalue weighted by Crippen LogP contribution is -2.11. The predicted molar refractivity (Wildman–Crippen MR) is 104 cm³/mol. The van der Waals surface area contributed by atoms with Gasteiger partial charge in [0.15, 0.2) is 0 Å². The van der Waals surface area contributed by atoms with Crippen LogP contribution in [0.5, 0.6) is 0 Å². The molecule has 0 aliphatic rings. The summed E-state index contributed by atoms with van der Waals surface area (Å²) in [4.78, 5) is 12.1. The number of rotatable bonds is 15. The van der Waals surface area contributed by atoms with E-state index >= 15 is 0 Å². The normalized spacial score (nSPS) is 10.8. The van der Waals surface area contributed by atoms with Gasteiger partial charge in [-0.3, -0.25) is 0 Å². The molecule has 3 nitrogen and oxygen atoms in total. The third-order valence-electron chi connectivity index (χ3n) is 4.33. The zero-order chi connectivity index (χ0) is 18.2. The van der Waals surface area contributed by atoms with Gasteiger partial charge in [-0.05, 0) is 37.0 Å². The number of carbonyl (C=O) groups excluding carboxylic acids is 1. The van der Waals surface area contributed by atoms with Crippen LogP contribution in [0.15, 0.2) is 24.3 Å². The smallest absolute Gasteiger partial charge is 0.338 e. The van der Waals surface area contributed by atoms with Crippen molar-refractivity contribution in [1.82, 2.24) is 0 Å². The first-order valence-electron chi connectivity index (χ1n) is 10.1. The van der Waals surface area contributed by atoms with Gasteiger partial charge in [-0.1, -0.05) is 70.9 Å². The Morgan fingerprint density at radius 3 is 2.32 bits per heavy atom. The molecule has 0 bridgehead atoms. The van der Waals surface area contributed by atoms with Crippen molar-refractivity contribution in [3.63, 3.8) is 0 Å². The lowest BCUT2D eigenvalue weighted by molar-refractivity contribution is 0.0312. The molecule has 1 aromatic carbocycles. The number of aryl methyl sites for hydroxylation is 1. The van der Waals surface area contributed by atoms with Crippen LogP contribution in [0.25, 0.3) is 0 Å². The molecule has 0 aliphatic heterocycles. The molecule has 0 aromatic heterocycles. The highest BCUT2D eigenvalue weighted by atomic mass is 16.6. The minimum Gasteiger partial charge on any atom is -0.460 e. The maximum atomic E-state index is 12.1. The average molecular weight is 349 g/mol. The van der Waals surface area contributed by atoms with Gasteiger partial charge in [0.05, 0.1) is 12.2 Å². The number of ether oxygens (including phenoxy) is 2. The van der Waals surface area contributed by atoms with Gasteiger partial charge in [-0.2, -0.15) is 0 Å². The molecular formula is C22H36O3. The topological polar surface area (TPSA) is 35.5 Å². The van der Waals surface area contributed by atoms with Gasteiger partial charge in [0, 0.05) is 6.61 Å². The van der Waals surface area contributed by atoms with E-state index in [2.05, 4.69) is 19.9 Å². The number of hydrogen-bond donors (Lipinski definition) is 0. The molecule has 25 heavy (non-hydrogen) atoms. The van der Waals surface area contributed by atoms with Crippen molar-refractivity contribution in [1.29, 1.82) is 0 Å². The summed E-state index contributed by atoms with van der Waals surface area (Å²) in [6.07, 6.45) is 12.3. The summed E-state index contributed by atoms with van der Waals surface area (Å²) in [5.41, 5.74) is 1.84. The largest absolute Gasteiger partial charge is 0.460 e. The molecule has 0 fully saturated rings. The number of hydrogen-bond acceptors (Lipinski definition) is 3. The second-order valence-corrected chi connectivity index (χ2v) is 6.67. The molecule has 0 aliphatic carbocycles. The standard InChI is InChI=1S/C22H36O3/c1-3-5-7-8-9-10-11-16-24-17-18-25-22(23)21-15-12-14-20(19-21)13-6-4-2/h12,14-15,19H,3-11,13,16-18H2,1-2H3. The van der Waals surface area contributed by atoms with Crippen molar-refractivity contribution < 1.29 is 14.3 Å². The quantitative estimate of drug-likeness (QED) is 0.290. The summed E-state index contributed by atoms with van der Waals surface area (Å²) in [5.74, 6) is -0.252. The van der Waals surface area contributed by atoms with E-state index in [1.54, 1.807) is 0 Å². The van der Waals surface area contributed by atoms with Crippen LogP contribution in [0.4, 0.5) is 0 Å². The molecule has 0 heterocycles. The van der Waals surface area contributed by atoms with Crippen LogP contribution in [-0.4, -0.2) is 25.8 Å². The second-order valence-electron chi connectivity index (χ2n) is 6.67. The van der Waals surface area contributed by atoms with Crippen LogP contribution in [0.2, 0.25) is 0 Å². The highest BCUT2D eigenvalue weighted by molar-refractivity contribution is 5.89. The molecule has 0 radical (unpaired) electrons. The van der Waals surface area contributed by atoms with Gasteiger partial charge < -0.3 is 9.47 Å². The maximum Gasteiger partial charge on any atom is 0.338 e. The first-order chi connectivity index (χ1) is 12.3. The molecule has 1 aromatic rings. The van der Waals surface area contributed by atoms with E-state index in [1.165, 1.54) is 44.1 Å². The van der Waals surface area contributed by atoms with Crippen molar-refractivity contribution in [3.8, 4) is 0 Å². The van der Waals surface area contributed by atoms with E-state index in [0.29, 0.717) is 18.8 Å². The van der Waals surface area contributed by atoms with E-state index in [-0.39, 0.29) is 5.97 Å². The zero-order valence-corrected chi connectivity index (χ0v) is 16.2. The fourth-order valence-corrected chi connectivity index (χ4v) is 2.77. The Labute approximate surface area is 154 Å². The molecule has 0 atom stereocenters. The fourth-order valence-electron chi connectivity index (χ4n) is 2.77. The summed E-state index contributed by atoms with van der Waals surface area (Å²) in [6, 6.07) is 7.75. The summed E-state index contributed by atoms with van der Waals surface area (Å²) in [7, 11) is 0. The van der Waals surface area contributed by atoms with Gasteiger partial charge in [-0.15, -0.1) is 0 Å². The Bertz CT molecular complexity index is 456. The molecule has 0 unspecified atom stereocenters. The van der Waals surface area contributed by atoms with Gasteiger partial charge >= 0.3 is 5.97 Å². The van der Waals surface area contributed by atoms with E-state index in [4.69, 9.17) is 9.47 Å². The molecule has 0 spiro atoms. The van der Waals surface area contributed by atoms with E-state index < -0.39 is 0 Å². The molecular weight excluding hydrogens is 312 g/mol. The molecule has 0 saturated carbocycles. The van der Waals surface area contributed by atoms with Crippen molar-refractivity contribution in [2.45, 2.75) is 78.1 Å². The average Bonchev–Trinajstić information content (AvgIpc) is 2.64. The lowest BCUT2D eigenvalue weighted by Gasteiger charge is -2.07. The summed E-state index contributed by atoms with van der Waals surface area (Å²) in [5, 5.41) is 0. The predicted octanol–water partition coefficient (Wildman–Crippen LogP) is 5.95. The summed E-state index contributed by atoms with van der Waals surface area (Å²) < 4.78 is 10.8. The van der Waals surface area contributed by atoms with Crippen LogP contribution in [-0.2, 0) is 15.9 Å². The number of unbranched alkanes of at least 4 members (excludes halogenated alkanes) is 7. The van der Waals surface area contributed by atoms with Gasteiger partial charge in [0.1, 0.15) is 6.61 Å². The summed E-state index contributed by atoms with van der Waals surface area (Å²) >= 11 is 0. The van der Waals surface area contributed by atoms with E-state index in [1.807, 2.05) is 18.2 Å². The third kappa shape index (κ3) is 11.0. The lowest BCUT2D eigenvalue weighted by atomic mass is 10.1. The highest BCUT2D eigenvalue weighted by Crippen LogP contribution is 2.10. The molecule has 142 valence electrons. The van der Waals surface area contributed by atoms with Crippen LogP contribution in [0, 0.1) is 0 Å². The number of carbonyl (C=O) groups is 1. The van der Waals surface area contributed by atoms with Crippen molar-refractivity contribution >= 4 is 5.97 Å². The van der Waals surface area contributed by atoms with Crippen molar-refractivity contribution in [2.24, 2.45) is 0 Å². The molecule has 0 saturated heterocycles. The van der Waals surface area contributed by atoms with Crippen LogP contribution < -0.4 is 0 Å². The molecule has 0 N–H and O–H groups in total. The number of benzene rings is 1. The monoisotopic (exact) mass is 348 g/mol. The second kappa shape index (κ2) is 14.9. The van der Waals surface area contributed by atoms with Crippen LogP contribution in [0.3, 0.4) is 0 Å². The van der Waals surface area contributed by atoms with Crippen LogP contribution in [0.1, 0.15) is 87.6 Å². The van der Waals surface area contributed by atoms with Crippen molar-refractivity contribution in [3.05, 3.63) is 35.4 Å². The third-order valence-corrected chi connectivity index (χ3v) is 4.33. The fraction of sp³-hybridized carbons (Fsp3) is 0.682. The van der Waals surface area contributed by atoms with Gasteiger partial charge in [-0.25, -0.2) is 4.79 Å². The Hall–Kier alpha value is -1.35. The molecule has 1 rings (SSSR count). The van der Waals surface area contributed by atoms with Crippen LogP contribution >= 0.6 is 0 Å². The van der Waals surface area contributed by atoms with E-state index in [0.717, 1.165) is 32.3 Å². The minimum atomic E-state index is -0.252. The SMILES string of the molecule is CCCCCCCCCOCCOC(=O)c1cccc(CCCC)c1. The first kappa shape index (κ1) is 21.7. The zero-order valence-electron chi connectivity index (χ0n) is 16.2. The van der Waals surface area contributed by atoms with Gasteiger partial charge in [0.25, 0.3) is 0 Å². The Morgan fingerprint density at radius 2 is 1.56 bits per heavy atom. The Morgan fingerprint density at radius 1 is 0.840 bits per heavy atom. The Kier molecular flexibility index (Phi) is 13.0. The van der Waals surface area contributed by atoms with Gasteiger partial charge in [0.2, 0.25) is 0 Å². The van der Waals surface area contributed by atoms with Crippen molar-refractivity contribution in [2.75, 3.05) is 19.8 Å². The highest BCUT2D eigenvalue weighted by Gasteiger charge is 2.07. The first-order valence-corrected chi connectivity index (χ1v) is 10.1. The molecule has 3 heteroatoms. The summed E-state index contributed by atoms with van der Waals surface area (Å²) in [6.45, 7) is 5.98. The van der Waals surface area contributed by atoms with E-state index in [9.17, 15) is 4.79 Å².